The van der Waals surface area contributed by atoms with Gasteiger partial charge in [-0.2, -0.15) is 13.2 Å². The average molecular weight is 273 g/mol. The lowest BCUT2D eigenvalue weighted by Gasteiger charge is -2.20. The summed E-state index contributed by atoms with van der Waals surface area (Å²) in [5.74, 6) is 0. The lowest BCUT2D eigenvalue weighted by molar-refractivity contribution is -0.137. The standard InChI is InChI=1S/C12H14F3N3O/c13-12(14,15)9-3-4-11(18-5-1-2-6-18)10(7-9)16-8-17-19/h3-4,7-8,19H,1-2,5-6H2,(H,16,17). The molecule has 2 N–H and O–H groups in total. The van der Waals surface area contributed by atoms with Gasteiger partial charge in [-0.15, -0.1) is 0 Å². The smallest absolute Gasteiger partial charge is 0.370 e. The molecular weight excluding hydrogens is 259 g/mol. The molecule has 19 heavy (non-hydrogen) atoms. The maximum Gasteiger partial charge on any atom is 0.416 e. The molecule has 4 nitrogen and oxygen atoms in total. The summed E-state index contributed by atoms with van der Waals surface area (Å²) >= 11 is 0. The third kappa shape index (κ3) is 3.17. The molecule has 0 spiro atoms. The number of hydrogen-bond donors (Lipinski definition) is 2. The Morgan fingerprint density at radius 1 is 1.26 bits per heavy atom. The molecule has 1 aromatic carbocycles. The number of hydrogen-bond acceptors (Lipinski definition) is 3. The van der Waals surface area contributed by atoms with E-state index in [2.05, 4.69) is 4.99 Å². The molecule has 0 aromatic heterocycles. The molecule has 1 heterocycles. The molecule has 7 heteroatoms. The maximum atomic E-state index is 12.7. The Morgan fingerprint density at radius 2 is 1.95 bits per heavy atom. The van der Waals surface area contributed by atoms with Crippen LogP contribution in [0, 0.1) is 0 Å². The molecular formula is C12H14F3N3O. The summed E-state index contributed by atoms with van der Waals surface area (Å²) in [5.41, 5.74) is 1.79. The van der Waals surface area contributed by atoms with E-state index in [0.29, 0.717) is 5.69 Å². The first kappa shape index (κ1) is 13.7. The highest BCUT2D eigenvalue weighted by Crippen LogP contribution is 2.37. The minimum atomic E-state index is -4.40. The van der Waals surface area contributed by atoms with Crippen molar-refractivity contribution in [1.82, 2.24) is 5.48 Å². The Hall–Kier alpha value is -1.76. The van der Waals surface area contributed by atoms with Crippen LogP contribution in [-0.4, -0.2) is 24.6 Å². The van der Waals surface area contributed by atoms with Gasteiger partial charge in [0.2, 0.25) is 0 Å². The van der Waals surface area contributed by atoms with Gasteiger partial charge in [0.15, 0.2) is 0 Å². The number of nitrogens with one attached hydrogen (secondary N) is 1. The summed E-state index contributed by atoms with van der Waals surface area (Å²) in [7, 11) is 0. The average Bonchev–Trinajstić information content (AvgIpc) is 2.88. The third-order valence-corrected chi connectivity index (χ3v) is 3.01. The second-order valence-electron chi connectivity index (χ2n) is 4.28. The Labute approximate surface area is 108 Å². The van der Waals surface area contributed by atoms with E-state index >= 15 is 0 Å². The second-order valence-corrected chi connectivity index (χ2v) is 4.28. The van der Waals surface area contributed by atoms with E-state index in [0.717, 1.165) is 44.4 Å². The van der Waals surface area contributed by atoms with Crippen molar-refractivity contribution in [1.29, 1.82) is 0 Å². The summed E-state index contributed by atoms with van der Waals surface area (Å²) in [4.78, 5) is 5.81. The minimum Gasteiger partial charge on any atom is -0.370 e. The van der Waals surface area contributed by atoms with Crippen LogP contribution in [0.2, 0.25) is 0 Å². The molecule has 0 atom stereocenters. The molecule has 0 bridgehead atoms. The highest BCUT2D eigenvalue weighted by atomic mass is 19.4. The zero-order chi connectivity index (χ0) is 13.9. The van der Waals surface area contributed by atoms with E-state index in [-0.39, 0.29) is 5.69 Å². The Kier molecular flexibility index (Phi) is 3.94. The number of benzene rings is 1. The molecule has 0 radical (unpaired) electrons. The van der Waals surface area contributed by atoms with E-state index in [1.807, 2.05) is 4.90 Å². The number of aliphatic imine (C=N–C) groups is 1. The van der Waals surface area contributed by atoms with Gasteiger partial charge in [0, 0.05) is 13.1 Å². The largest absolute Gasteiger partial charge is 0.416 e. The number of alkyl halides is 3. The van der Waals surface area contributed by atoms with Crippen LogP contribution in [0.5, 0.6) is 0 Å². The topological polar surface area (TPSA) is 47.9 Å². The van der Waals surface area contributed by atoms with Crippen LogP contribution in [-0.2, 0) is 6.18 Å². The fourth-order valence-corrected chi connectivity index (χ4v) is 2.13. The highest BCUT2D eigenvalue weighted by Gasteiger charge is 2.31. The van der Waals surface area contributed by atoms with E-state index in [1.165, 1.54) is 6.07 Å². The summed E-state index contributed by atoms with van der Waals surface area (Å²) in [6.45, 7) is 1.61. The van der Waals surface area contributed by atoms with Crippen molar-refractivity contribution in [2.45, 2.75) is 19.0 Å². The molecule has 0 aliphatic carbocycles. The summed E-state index contributed by atoms with van der Waals surface area (Å²) in [5, 5.41) is 8.48. The van der Waals surface area contributed by atoms with E-state index in [9.17, 15) is 13.2 Å². The zero-order valence-corrected chi connectivity index (χ0v) is 10.1. The number of nitrogens with zero attached hydrogens (tertiary/aromatic N) is 2. The van der Waals surface area contributed by atoms with Crippen molar-refractivity contribution >= 4 is 17.7 Å². The van der Waals surface area contributed by atoms with Crippen LogP contribution < -0.4 is 10.4 Å². The molecule has 104 valence electrons. The van der Waals surface area contributed by atoms with Crippen molar-refractivity contribution in [3.63, 3.8) is 0 Å². The fraction of sp³-hybridized carbons (Fsp3) is 0.417. The van der Waals surface area contributed by atoms with Gasteiger partial charge >= 0.3 is 6.18 Å². The molecule has 1 aliphatic rings. The molecule has 1 aromatic rings. The Bertz CT molecular complexity index is 468. The first-order chi connectivity index (χ1) is 9.02. The van der Waals surface area contributed by atoms with Crippen LogP contribution in [0.15, 0.2) is 23.2 Å². The van der Waals surface area contributed by atoms with Crippen molar-refractivity contribution in [3.8, 4) is 0 Å². The predicted octanol–water partition coefficient (Wildman–Crippen LogP) is 2.94. The van der Waals surface area contributed by atoms with Gasteiger partial charge in [-0.05, 0) is 31.0 Å². The van der Waals surface area contributed by atoms with Gasteiger partial charge in [0.1, 0.15) is 6.34 Å². The number of hydroxylamine groups is 1. The van der Waals surface area contributed by atoms with Gasteiger partial charge in [0.25, 0.3) is 0 Å². The lowest BCUT2D eigenvalue weighted by Crippen LogP contribution is -2.18. The predicted molar refractivity (Wildman–Crippen MR) is 66.0 cm³/mol. The van der Waals surface area contributed by atoms with Crippen LogP contribution in [0.1, 0.15) is 18.4 Å². The summed E-state index contributed by atoms with van der Waals surface area (Å²) in [6.07, 6.45) is -1.42. The monoisotopic (exact) mass is 273 g/mol. The van der Waals surface area contributed by atoms with Crippen molar-refractivity contribution in [2.24, 2.45) is 4.99 Å². The first-order valence-electron chi connectivity index (χ1n) is 5.91. The second kappa shape index (κ2) is 5.48. The van der Waals surface area contributed by atoms with Crippen molar-refractivity contribution in [2.75, 3.05) is 18.0 Å². The van der Waals surface area contributed by atoms with Gasteiger partial charge in [0.05, 0.1) is 16.9 Å². The van der Waals surface area contributed by atoms with Gasteiger partial charge < -0.3 is 4.90 Å². The van der Waals surface area contributed by atoms with Crippen LogP contribution >= 0.6 is 0 Å². The highest BCUT2D eigenvalue weighted by molar-refractivity contribution is 5.73. The quantitative estimate of drug-likeness (QED) is 0.505. The van der Waals surface area contributed by atoms with Gasteiger partial charge in [-0.25, -0.2) is 4.99 Å². The number of anilines is 1. The lowest BCUT2D eigenvalue weighted by atomic mass is 10.1. The van der Waals surface area contributed by atoms with Crippen molar-refractivity contribution < 1.29 is 18.4 Å². The SMILES string of the molecule is ONC=Nc1cc(C(F)(F)F)ccc1N1CCCC1. The van der Waals surface area contributed by atoms with Crippen LogP contribution in [0.25, 0.3) is 0 Å². The molecule has 0 unspecified atom stereocenters. The summed E-state index contributed by atoms with van der Waals surface area (Å²) < 4.78 is 38.0. The fourth-order valence-electron chi connectivity index (χ4n) is 2.13. The summed E-state index contributed by atoms with van der Waals surface area (Å²) in [6, 6.07) is 3.47. The Balaban J connectivity index is 2.39. The molecule has 1 aliphatic heterocycles. The number of rotatable bonds is 3. The maximum absolute atomic E-state index is 12.7. The molecule has 1 saturated heterocycles. The number of halogens is 3. The molecule has 0 amide bonds. The minimum absolute atomic E-state index is 0.193. The van der Waals surface area contributed by atoms with Gasteiger partial charge in [-0.1, -0.05) is 0 Å². The van der Waals surface area contributed by atoms with E-state index < -0.39 is 11.7 Å². The van der Waals surface area contributed by atoms with Crippen LogP contribution in [0.3, 0.4) is 0 Å². The normalized spacial score (nSPS) is 16.3. The molecule has 0 saturated carbocycles. The van der Waals surface area contributed by atoms with Crippen LogP contribution in [0.4, 0.5) is 24.5 Å². The zero-order valence-electron chi connectivity index (χ0n) is 10.1. The van der Waals surface area contributed by atoms with E-state index in [1.54, 1.807) is 5.48 Å². The molecule has 2 rings (SSSR count). The third-order valence-electron chi connectivity index (χ3n) is 3.01. The first-order valence-corrected chi connectivity index (χ1v) is 5.91. The van der Waals surface area contributed by atoms with Crippen molar-refractivity contribution in [3.05, 3.63) is 23.8 Å². The van der Waals surface area contributed by atoms with Gasteiger partial charge in [-0.3, -0.25) is 10.7 Å². The Morgan fingerprint density at radius 3 is 2.53 bits per heavy atom. The van der Waals surface area contributed by atoms with E-state index in [4.69, 9.17) is 5.21 Å². The molecule has 1 fully saturated rings.